The van der Waals surface area contributed by atoms with Gasteiger partial charge in [0.15, 0.2) is 11.6 Å². The number of amides is 1. The van der Waals surface area contributed by atoms with Gasteiger partial charge in [-0.25, -0.2) is 4.39 Å². The van der Waals surface area contributed by atoms with Crippen LogP contribution in [0.1, 0.15) is 18.4 Å². The number of methoxy groups -OCH3 is 1. The molecule has 1 aliphatic carbocycles. The Morgan fingerprint density at radius 2 is 2.21 bits per heavy atom. The molecule has 1 aromatic rings. The normalized spacial score (nSPS) is 16.0. The molecular weight excluding hydrogens is 247 g/mol. The standard InChI is InChI=1S/C14H19FN2O2/c1-17(13(18)14(9-16)5-6-14)8-10-3-4-12(19-2)11(15)7-10/h3-4,7H,5-6,8-9,16H2,1-2H3. The van der Waals surface area contributed by atoms with Crippen molar-refractivity contribution < 1.29 is 13.9 Å². The van der Waals surface area contributed by atoms with Crippen LogP contribution in [0, 0.1) is 11.2 Å². The number of ether oxygens (including phenoxy) is 1. The molecule has 0 heterocycles. The number of hydrogen-bond donors (Lipinski definition) is 1. The average molecular weight is 266 g/mol. The van der Waals surface area contributed by atoms with Crippen LogP contribution in [0.3, 0.4) is 0 Å². The molecule has 0 atom stereocenters. The number of hydrogen-bond acceptors (Lipinski definition) is 3. The summed E-state index contributed by atoms with van der Waals surface area (Å²) in [6.45, 7) is 0.759. The van der Waals surface area contributed by atoms with Crippen molar-refractivity contribution in [2.24, 2.45) is 11.1 Å². The Balaban J connectivity index is 2.05. The van der Waals surface area contributed by atoms with Crippen molar-refractivity contribution in [2.75, 3.05) is 20.7 Å². The average Bonchev–Trinajstić information content (AvgIpc) is 3.19. The molecule has 0 bridgehead atoms. The summed E-state index contributed by atoms with van der Waals surface area (Å²) in [5.74, 6) is -0.162. The highest BCUT2D eigenvalue weighted by Crippen LogP contribution is 2.46. The number of nitrogens with zero attached hydrogens (tertiary/aromatic N) is 1. The Hall–Kier alpha value is -1.62. The predicted molar refractivity (Wildman–Crippen MR) is 70.1 cm³/mol. The molecule has 0 spiro atoms. The van der Waals surface area contributed by atoms with E-state index in [4.69, 9.17) is 10.5 Å². The summed E-state index contributed by atoms with van der Waals surface area (Å²) in [5, 5.41) is 0. The first-order valence-electron chi connectivity index (χ1n) is 6.30. The minimum Gasteiger partial charge on any atom is -0.494 e. The second-order valence-corrected chi connectivity index (χ2v) is 5.11. The van der Waals surface area contributed by atoms with Crippen LogP contribution in [0.2, 0.25) is 0 Å². The Kier molecular flexibility index (Phi) is 3.75. The Morgan fingerprint density at radius 3 is 2.68 bits per heavy atom. The highest BCUT2D eigenvalue weighted by atomic mass is 19.1. The van der Waals surface area contributed by atoms with Crippen molar-refractivity contribution in [3.8, 4) is 5.75 Å². The summed E-state index contributed by atoms with van der Waals surface area (Å²) >= 11 is 0. The first kappa shape index (κ1) is 13.8. The van der Waals surface area contributed by atoms with E-state index in [1.165, 1.54) is 13.2 Å². The van der Waals surface area contributed by atoms with Gasteiger partial charge in [0.25, 0.3) is 0 Å². The van der Waals surface area contributed by atoms with E-state index < -0.39 is 5.82 Å². The van der Waals surface area contributed by atoms with E-state index >= 15 is 0 Å². The molecule has 1 aliphatic rings. The fourth-order valence-corrected chi connectivity index (χ4v) is 2.21. The minimum atomic E-state index is -0.416. The van der Waals surface area contributed by atoms with Crippen molar-refractivity contribution in [3.63, 3.8) is 0 Å². The second kappa shape index (κ2) is 5.17. The molecule has 2 rings (SSSR count). The van der Waals surface area contributed by atoms with Crippen LogP contribution in [0.25, 0.3) is 0 Å². The molecule has 0 unspecified atom stereocenters. The van der Waals surface area contributed by atoms with Crippen LogP contribution in [0.15, 0.2) is 18.2 Å². The summed E-state index contributed by atoms with van der Waals surface area (Å²) in [6, 6.07) is 4.72. The maximum Gasteiger partial charge on any atom is 0.230 e. The van der Waals surface area contributed by atoms with Crippen LogP contribution in [-0.2, 0) is 11.3 Å². The number of carbonyl (C=O) groups excluding carboxylic acids is 1. The largest absolute Gasteiger partial charge is 0.494 e. The molecule has 1 aromatic carbocycles. The van der Waals surface area contributed by atoms with Crippen LogP contribution >= 0.6 is 0 Å². The van der Waals surface area contributed by atoms with Gasteiger partial charge in [-0.1, -0.05) is 6.07 Å². The molecular formula is C14H19FN2O2. The van der Waals surface area contributed by atoms with Crippen LogP contribution in [0.5, 0.6) is 5.75 Å². The molecule has 1 saturated carbocycles. The third kappa shape index (κ3) is 2.71. The van der Waals surface area contributed by atoms with Gasteiger partial charge in [-0.15, -0.1) is 0 Å². The lowest BCUT2D eigenvalue weighted by atomic mass is 10.1. The van der Waals surface area contributed by atoms with E-state index in [0.29, 0.717) is 13.1 Å². The van der Waals surface area contributed by atoms with Gasteiger partial charge >= 0.3 is 0 Å². The molecule has 0 saturated heterocycles. The predicted octanol–water partition coefficient (Wildman–Crippen LogP) is 1.53. The van der Waals surface area contributed by atoms with E-state index in [-0.39, 0.29) is 17.1 Å². The first-order valence-corrected chi connectivity index (χ1v) is 6.30. The molecule has 1 fully saturated rings. The maximum atomic E-state index is 13.6. The first-order chi connectivity index (χ1) is 9.02. The van der Waals surface area contributed by atoms with Gasteiger partial charge in [0.1, 0.15) is 0 Å². The van der Waals surface area contributed by atoms with Gasteiger partial charge in [0.05, 0.1) is 12.5 Å². The second-order valence-electron chi connectivity index (χ2n) is 5.11. The number of halogens is 1. The molecule has 1 amide bonds. The van der Waals surface area contributed by atoms with Crippen LogP contribution in [-0.4, -0.2) is 31.5 Å². The number of nitrogens with two attached hydrogens (primary N) is 1. The highest BCUT2D eigenvalue weighted by molar-refractivity contribution is 5.85. The van der Waals surface area contributed by atoms with E-state index in [9.17, 15) is 9.18 Å². The van der Waals surface area contributed by atoms with Gasteiger partial charge in [-0.05, 0) is 30.5 Å². The Bertz CT molecular complexity index is 486. The van der Waals surface area contributed by atoms with Gasteiger partial charge in [0.2, 0.25) is 5.91 Å². The SMILES string of the molecule is COc1ccc(CN(C)C(=O)C2(CN)CC2)cc1F. The van der Waals surface area contributed by atoms with Gasteiger partial charge < -0.3 is 15.4 Å². The zero-order chi connectivity index (χ0) is 14.0. The zero-order valence-electron chi connectivity index (χ0n) is 11.3. The monoisotopic (exact) mass is 266 g/mol. The summed E-state index contributed by atoms with van der Waals surface area (Å²) in [6.07, 6.45) is 1.70. The summed E-state index contributed by atoms with van der Waals surface area (Å²) in [7, 11) is 3.14. The van der Waals surface area contributed by atoms with Gasteiger partial charge in [-0.2, -0.15) is 0 Å². The van der Waals surface area contributed by atoms with Crippen molar-refractivity contribution in [1.82, 2.24) is 4.90 Å². The van der Waals surface area contributed by atoms with Crippen molar-refractivity contribution in [1.29, 1.82) is 0 Å². The molecule has 4 nitrogen and oxygen atoms in total. The van der Waals surface area contributed by atoms with Crippen LogP contribution < -0.4 is 10.5 Å². The van der Waals surface area contributed by atoms with Crippen molar-refractivity contribution in [2.45, 2.75) is 19.4 Å². The number of carbonyl (C=O) groups is 1. The smallest absolute Gasteiger partial charge is 0.230 e. The van der Waals surface area contributed by atoms with E-state index in [1.807, 2.05) is 0 Å². The fraction of sp³-hybridized carbons (Fsp3) is 0.500. The van der Waals surface area contributed by atoms with Gasteiger partial charge in [-0.3, -0.25) is 4.79 Å². The van der Waals surface area contributed by atoms with Crippen LogP contribution in [0.4, 0.5) is 4.39 Å². The number of benzene rings is 1. The quantitative estimate of drug-likeness (QED) is 0.879. The highest BCUT2D eigenvalue weighted by Gasteiger charge is 2.49. The Labute approximate surface area is 112 Å². The minimum absolute atomic E-state index is 0.0474. The molecule has 0 aromatic heterocycles. The third-order valence-corrected chi connectivity index (χ3v) is 3.68. The van der Waals surface area contributed by atoms with Gasteiger partial charge in [0, 0.05) is 20.1 Å². The molecule has 19 heavy (non-hydrogen) atoms. The zero-order valence-corrected chi connectivity index (χ0v) is 11.3. The third-order valence-electron chi connectivity index (χ3n) is 3.68. The summed E-state index contributed by atoms with van der Waals surface area (Å²) in [4.78, 5) is 13.8. The van der Waals surface area contributed by atoms with E-state index in [0.717, 1.165) is 18.4 Å². The lowest BCUT2D eigenvalue weighted by Crippen LogP contribution is -2.37. The number of rotatable bonds is 5. The summed E-state index contributed by atoms with van der Waals surface area (Å²) in [5.41, 5.74) is 6.02. The topological polar surface area (TPSA) is 55.6 Å². The molecule has 2 N–H and O–H groups in total. The van der Waals surface area contributed by atoms with Crippen molar-refractivity contribution in [3.05, 3.63) is 29.6 Å². The molecule has 0 aliphatic heterocycles. The summed E-state index contributed by atoms with van der Waals surface area (Å²) < 4.78 is 18.4. The molecule has 0 radical (unpaired) electrons. The van der Waals surface area contributed by atoms with E-state index in [1.54, 1.807) is 24.1 Å². The Morgan fingerprint density at radius 1 is 1.53 bits per heavy atom. The van der Waals surface area contributed by atoms with Crippen molar-refractivity contribution >= 4 is 5.91 Å². The lowest BCUT2D eigenvalue weighted by molar-refractivity contribution is -0.135. The fourth-order valence-electron chi connectivity index (χ4n) is 2.21. The molecule has 5 heteroatoms. The van der Waals surface area contributed by atoms with E-state index in [2.05, 4.69) is 0 Å². The maximum absolute atomic E-state index is 13.6. The molecule has 104 valence electrons. The lowest BCUT2D eigenvalue weighted by Gasteiger charge is -2.22.